The lowest BCUT2D eigenvalue weighted by molar-refractivity contribution is -0.0407. The summed E-state index contributed by atoms with van der Waals surface area (Å²) < 4.78 is 11.7. The highest BCUT2D eigenvalue weighted by molar-refractivity contribution is 4.93. The largest absolute Gasteiger partial charge is 0.383 e. The lowest BCUT2D eigenvalue weighted by atomic mass is 9.97. The van der Waals surface area contributed by atoms with Crippen molar-refractivity contribution in [3.8, 4) is 0 Å². The van der Waals surface area contributed by atoms with E-state index in [9.17, 15) is 0 Å². The van der Waals surface area contributed by atoms with E-state index in [1.807, 2.05) is 0 Å². The summed E-state index contributed by atoms with van der Waals surface area (Å²) in [5.41, 5.74) is 0.290. The van der Waals surface area contributed by atoms with Crippen LogP contribution in [0.2, 0.25) is 0 Å². The fourth-order valence-electron chi connectivity index (χ4n) is 3.67. The van der Waals surface area contributed by atoms with E-state index in [4.69, 9.17) is 9.47 Å². The van der Waals surface area contributed by atoms with Gasteiger partial charge in [0.25, 0.3) is 0 Å². The minimum Gasteiger partial charge on any atom is -0.383 e. The van der Waals surface area contributed by atoms with Crippen molar-refractivity contribution in [2.75, 3.05) is 20.3 Å². The van der Waals surface area contributed by atoms with Crippen LogP contribution in [0.4, 0.5) is 0 Å². The summed E-state index contributed by atoms with van der Waals surface area (Å²) in [4.78, 5) is 0. The Hall–Kier alpha value is -0.120. The Morgan fingerprint density at radius 3 is 2.79 bits per heavy atom. The highest BCUT2D eigenvalue weighted by Crippen LogP contribution is 2.44. The van der Waals surface area contributed by atoms with Crippen LogP contribution in [0, 0.1) is 0 Å². The molecule has 3 heteroatoms. The molecule has 2 atom stereocenters. The van der Waals surface area contributed by atoms with Crippen LogP contribution in [0.5, 0.6) is 0 Å². The summed E-state index contributed by atoms with van der Waals surface area (Å²) in [5, 5.41) is 3.57. The van der Waals surface area contributed by atoms with Crippen molar-refractivity contribution in [2.24, 2.45) is 0 Å². The third-order valence-electron chi connectivity index (χ3n) is 4.74. The van der Waals surface area contributed by atoms with Gasteiger partial charge in [-0.05, 0) is 51.5 Å². The van der Waals surface area contributed by atoms with Crippen LogP contribution in [0.25, 0.3) is 0 Å². The van der Waals surface area contributed by atoms with Crippen LogP contribution < -0.4 is 5.32 Å². The smallest absolute Gasteiger partial charge is 0.0687 e. The van der Waals surface area contributed by atoms with Gasteiger partial charge in [-0.1, -0.05) is 19.8 Å². The summed E-state index contributed by atoms with van der Waals surface area (Å²) in [6.07, 6.45) is 12.0. The van der Waals surface area contributed by atoms with Gasteiger partial charge in [0.1, 0.15) is 0 Å². The maximum Gasteiger partial charge on any atom is 0.0687 e. The van der Waals surface area contributed by atoms with Crippen LogP contribution in [0.1, 0.15) is 64.7 Å². The van der Waals surface area contributed by atoms with Gasteiger partial charge in [-0.15, -0.1) is 0 Å². The van der Waals surface area contributed by atoms with E-state index in [-0.39, 0.29) is 5.60 Å². The minimum absolute atomic E-state index is 0.290. The molecule has 1 aliphatic carbocycles. The molecule has 0 aromatic carbocycles. The first-order valence-electron chi connectivity index (χ1n) is 8.18. The van der Waals surface area contributed by atoms with Crippen LogP contribution in [-0.4, -0.2) is 38.0 Å². The van der Waals surface area contributed by atoms with E-state index in [0.29, 0.717) is 12.1 Å². The minimum atomic E-state index is 0.290. The zero-order valence-electron chi connectivity index (χ0n) is 12.7. The molecule has 0 bridgehead atoms. The van der Waals surface area contributed by atoms with Crippen LogP contribution in [-0.2, 0) is 9.47 Å². The monoisotopic (exact) mass is 269 g/mol. The molecule has 0 aromatic rings. The van der Waals surface area contributed by atoms with E-state index in [1.54, 1.807) is 7.11 Å². The van der Waals surface area contributed by atoms with Crippen LogP contribution >= 0.6 is 0 Å². The molecule has 2 rings (SSSR count). The van der Waals surface area contributed by atoms with Crippen molar-refractivity contribution in [1.29, 1.82) is 0 Å². The molecule has 0 amide bonds. The quantitative estimate of drug-likeness (QED) is 0.733. The van der Waals surface area contributed by atoms with Gasteiger partial charge in [0, 0.05) is 13.2 Å². The van der Waals surface area contributed by atoms with Crippen LogP contribution in [0.3, 0.4) is 0 Å². The molecule has 19 heavy (non-hydrogen) atoms. The highest BCUT2D eigenvalue weighted by Gasteiger charge is 2.41. The summed E-state index contributed by atoms with van der Waals surface area (Å²) in [7, 11) is 1.79. The molecule has 0 aromatic heterocycles. The second kappa shape index (κ2) is 7.61. The summed E-state index contributed by atoms with van der Waals surface area (Å²) >= 11 is 0. The van der Waals surface area contributed by atoms with Crippen LogP contribution in [0.15, 0.2) is 0 Å². The number of hydrogen-bond donors (Lipinski definition) is 1. The molecule has 2 unspecified atom stereocenters. The molecule has 1 spiro atoms. The van der Waals surface area contributed by atoms with Gasteiger partial charge >= 0.3 is 0 Å². The average Bonchev–Trinajstić information content (AvgIpc) is 3.04. The SMILES string of the molecule is CCCNC(CCC1CCC2(CCCC2)O1)COC. The molecule has 1 heterocycles. The first-order chi connectivity index (χ1) is 9.28. The molecular formula is C16H31NO2. The standard InChI is InChI=1S/C16H31NO2/c1-3-12-17-14(13-18-2)6-7-15-8-11-16(19-15)9-4-5-10-16/h14-15,17H,3-13H2,1-2H3. The van der Waals surface area contributed by atoms with E-state index in [2.05, 4.69) is 12.2 Å². The predicted octanol–water partition coefficient (Wildman–Crippen LogP) is 3.27. The maximum atomic E-state index is 6.37. The Morgan fingerprint density at radius 1 is 1.32 bits per heavy atom. The fraction of sp³-hybridized carbons (Fsp3) is 1.00. The summed E-state index contributed by atoms with van der Waals surface area (Å²) in [6.45, 7) is 4.11. The third kappa shape index (κ3) is 4.44. The van der Waals surface area contributed by atoms with Crippen molar-refractivity contribution in [2.45, 2.75) is 82.5 Å². The lowest BCUT2D eigenvalue weighted by Gasteiger charge is -2.25. The van der Waals surface area contributed by atoms with Crippen molar-refractivity contribution in [3.63, 3.8) is 0 Å². The van der Waals surface area contributed by atoms with E-state index in [0.717, 1.165) is 13.2 Å². The van der Waals surface area contributed by atoms with Gasteiger partial charge in [-0.2, -0.15) is 0 Å². The van der Waals surface area contributed by atoms with Gasteiger partial charge in [0.15, 0.2) is 0 Å². The average molecular weight is 269 g/mol. The van der Waals surface area contributed by atoms with Gasteiger partial charge in [0.05, 0.1) is 18.3 Å². The number of nitrogens with one attached hydrogen (secondary N) is 1. The fourth-order valence-corrected chi connectivity index (χ4v) is 3.67. The molecule has 112 valence electrons. The molecule has 3 nitrogen and oxygen atoms in total. The van der Waals surface area contributed by atoms with E-state index < -0.39 is 0 Å². The molecule has 2 aliphatic rings. The predicted molar refractivity (Wildman–Crippen MR) is 78.5 cm³/mol. The van der Waals surface area contributed by atoms with Gasteiger partial charge < -0.3 is 14.8 Å². The maximum absolute atomic E-state index is 6.37. The van der Waals surface area contributed by atoms with E-state index in [1.165, 1.54) is 57.8 Å². The molecule has 2 fully saturated rings. The summed E-state index contributed by atoms with van der Waals surface area (Å²) in [5.74, 6) is 0. The Balaban J connectivity index is 1.69. The third-order valence-corrected chi connectivity index (χ3v) is 4.74. The van der Waals surface area contributed by atoms with Crippen molar-refractivity contribution >= 4 is 0 Å². The first-order valence-corrected chi connectivity index (χ1v) is 8.18. The molecule has 1 aliphatic heterocycles. The van der Waals surface area contributed by atoms with Crippen molar-refractivity contribution in [1.82, 2.24) is 5.32 Å². The number of rotatable bonds is 8. The highest BCUT2D eigenvalue weighted by atomic mass is 16.5. The Bertz CT molecular complexity index is 251. The lowest BCUT2D eigenvalue weighted by Crippen LogP contribution is -2.34. The normalized spacial score (nSPS) is 27.2. The molecule has 1 saturated heterocycles. The Kier molecular flexibility index (Phi) is 6.11. The van der Waals surface area contributed by atoms with Crippen molar-refractivity contribution in [3.05, 3.63) is 0 Å². The zero-order valence-corrected chi connectivity index (χ0v) is 12.7. The van der Waals surface area contributed by atoms with E-state index >= 15 is 0 Å². The number of hydrogen-bond acceptors (Lipinski definition) is 3. The number of methoxy groups -OCH3 is 1. The zero-order chi connectivity index (χ0) is 13.6. The second-order valence-corrected chi connectivity index (χ2v) is 6.35. The van der Waals surface area contributed by atoms with Gasteiger partial charge in [0.2, 0.25) is 0 Å². The van der Waals surface area contributed by atoms with Gasteiger partial charge in [-0.3, -0.25) is 0 Å². The van der Waals surface area contributed by atoms with Gasteiger partial charge in [-0.25, -0.2) is 0 Å². The summed E-state index contributed by atoms with van der Waals surface area (Å²) in [6, 6.07) is 0.494. The molecule has 1 saturated carbocycles. The second-order valence-electron chi connectivity index (χ2n) is 6.35. The number of ether oxygens (including phenoxy) is 2. The van der Waals surface area contributed by atoms with Crippen molar-refractivity contribution < 1.29 is 9.47 Å². The molecular weight excluding hydrogens is 238 g/mol. The Labute approximate surface area is 118 Å². The molecule has 1 N–H and O–H groups in total. The topological polar surface area (TPSA) is 30.5 Å². The molecule has 0 radical (unpaired) electrons. The first kappa shape index (κ1) is 15.3. The Morgan fingerprint density at radius 2 is 2.11 bits per heavy atom.